The largest absolute Gasteiger partial charge is 0.481 e. The molecule has 19 heavy (non-hydrogen) atoms. The molecule has 0 atom stereocenters. The van der Waals surface area contributed by atoms with Crippen LogP contribution in [0, 0.1) is 11.8 Å². The first kappa shape index (κ1) is 17.6. The Morgan fingerprint density at radius 2 is 1.68 bits per heavy atom. The van der Waals surface area contributed by atoms with Gasteiger partial charge in [-0.25, -0.2) is 0 Å². The minimum atomic E-state index is -3.67. The summed E-state index contributed by atoms with van der Waals surface area (Å²) in [6.07, 6.45) is 4.04. The van der Waals surface area contributed by atoms with Gasteiger partial charge in [-0.05, 0) is 31.6 Å². The van der Waals surface area contributed by atoms with Crippen LogP contribution in [0.25, 0.3) is 0 Å². The van der Waals surface area contributed by atoms with E-state index in [2.05, 4.69) is 4.99 Å². The van der Waals surface area contributed by atoms with Gasteiger partial charge in [-0.3, -0.25) is 14.3 Å². The normalized spacial score (nSPS) is 22.8. The molecule has 0 bridgehead atoms. The Morgan fingerprint density at radius 1 is 1.26 bits per heavy atom. The van der Waals surface area contributed by atoms with Crippen LogP contribution in [0.5, 0.6) is 0 Å². The van der Waals surface area contributed by atoms with Crippen LogP contribution < -0.4 is 11.5 Å². The van der Waals surface area contributed by atoms with E-state index in [0.717, 1.165) is 25.7 Å². The first-order valence-corrected chi connectivity index (χ1v) is 7.65. The number of hydrogen-bond donors (Lipinski definition) is 4. The zero-order chi connectivity index (χ0) is 15.1. The third-order valence-corrected chi connectivity index (χ3v) is 2.73. The minimum absolute atomic E-state index is 0.116. The summed E-state index contributed by atoms with van der Waals surface area (Å²) in [5, 5.41) is 8.78. The number of nitrogens with two attached hydrogens (primary N) is 2. The summed E-state index contributed by atoms with van der Waals surface area (Å²) in [4.78, 5) is 14.6. The second-order valence-electron chi connectivity index (χ2n) is 4.55. The van der Waals surface area contributed by atoms with Crippen molar-refractivity contribution in [2.45, 2.75) is 25.7 Å². The average Bonchev–Trinajstić information content (AvgIpc) is 2.24. The van der Waals surface area contributed by atoms with E-state index in [4.69, 9.17) is 21.1 Å². The molecule has 0 spiro atoms. The van der Waals surface area contributed by atoms with E-state index in [1.807, 2.05) is 0 Å². The highest BCUT2D eigenvalue weighted by molar-refractivity contribution is 7.85. The van der Waals surface area contributed by atoms with Crippen LogP contribution in [0.1, 0.15) is 25.7 Å². The van der Waals surface area contributed by atoms with Gasteiger partial charge in [-0.2, -0.15) is 8.42 Å². The minimum Gasteiger partial charge on any atom is -0.481 e. The second kappa shape index (κ2) is 7.95. The van der Waals surface area contributed by atoms with Crippen molar-refractivity contribution >= 4 is 22.0 Å². The number of guanidine groups is 1. The number of carboxylic acids is 1. The van der Waals surface area contributed by atoms with Crippen molar-refractivity contribution in [3.8, 4) is 0 Å². The highest BCUT2D eigenvalue weighted by Gasteiger charge is 2.25. The van der Waals surface area contributed by atoms with E-state index in [1.54, 1.807) is 0 Å². The molecule has 0 aromatic carbocycles. The van der Waals surface area contributed by atoms with Crippen LogP contribution in [0.4, 0.5) is 0 Å². The van der Waals surface area contributed by atoms with Crippen LogP contribution in [0.3, 0.4) is 0 Å². The lowest BCUT2D eigenvalue weighted by molar-refractivity contribution is -0.143. The highest BCUT2D eigenvalue weighted by Crippen LogP contribution is 2.28. The lowest BCUT2D eigenvalue weighted by Crippen LogP contribution is -2.26. The molecule has 0 unspecified atom stereocenters. The fraction of sp³-hybridized carbons (Fsp3) is 0.800. The number of nitrogens with zero attached hydrogens (tertiary/aromatic N) is 1. The Balaban J connectivity index is 0.000000555. The van der Waals surface area contributed by atoms with Crippen molar-refractivity contribution < 1.29 is 22.9 Å². The van der Waals surface area contributed by atoms with E-state index >= 15 is 0 Å². The molecule has 0 heterocycles. The maximum atomic E-state index is 10.7. The van der Waals surface area contributed by atoms with Gasteiger partial charge in [0.25, 0.3) is 10.1 Å². The molecule has 0 amide bonds. The number of carboxylic acid groups (broad SMARTS) is 1. The summed E-state index contributed by atoms with van der Waals surface area (Å²) in [6.45, 7) is 0.634. The second-order valence-corrected chi connectivity index (χ2v) is 6.02. The first-order chi connectivity index (χ1) is 8.59. The number of hydrogen-bond acceptors (Lipinski definition) is 4. The van der Waals surface area contributed by atoms with Gasteiger partial charge in [0.05, 0.1) is 12.2 Å². The van der Waals surface area contributed by atoms with Gasteiger partial charge in [-0.15, -0.1) is 0 Å². The fourth-order valence-electron chi connectivity index (χ4n) is 1.83. The number of aliphatic imine (C=N–C) groups is 1. The predicted octanol–water partition coefficient (Wildman–Crippen LogP) is -0.345. The molecule has 8 nitrogen and oxygen atoms in total. The summed E-state index contributed by atoms with van der Waals surface area (Å²) >= 11 is 0. The molecule has 1 aliphatic rings. The molecule has 9 heteroatoms. The topological polar surface area (TPSA) is 156 Å². The number of aliphatic carboxylic acids is 1. The standard InChI is InChI=1S/C9H17N3O2.CH4O3S/c10-9(11)12-5-6-1-3-7(4-2-6)8(13)14;1-5(2,3)4/h6-7H,1-5H2,(H,13,14)(H4,10,11,12);1H3,(H,2,3,4). The highest BCUT2D eigenvalue weighted by atomic mass is 32.2. The van der Waals surface area contributed by atoms with Gasteiger partial charge in [0.2, 0.25) is 0 Å². The molecule has 112 valence electrons. The van der Waals surface area contributed by atoms with E-state index in [9.17, 15) is 13.2 Å². The van der Waals surface area contributed by atoms with Crippen LogP contribution in [-0.4, -0.2) is 42.8 Å². The van der Waals surface area contributed by atoms with Crippen LogP contribution >= 0.6 is 0 Å². The lowest BCUT2D eigenvalue weighted by Gasteiger charge is -2.24. The van der Waals surface area contributed by atoms with Crippen molar-refractivity contribution in [2.24, 2.45) is 28.3 Å². The molecule has 1 saturated carbocycles. The summed E-state index contributed by atoms with van der Waals surface area (Å²) in [5.41, 5.74) is 10.4. The smallest absolute Gasteiger partial charge is 0.306 e. The van der Waals surface area contributed by atoms with E-state index in [0.29, 0.717) is 18.7 Å². The molecule has 0 aromatic rings. The number of rotatable bonds is 3. The van der Waals surface area contributed by atoms with Gasteiger partial charge in [0.1, 0.15) is 0 Å². The Kier molecular flexibility index (Phi) is 7.38. The summed E-state index contributed by atoms with van der Waals surface area (Å²) in [6, 6.07) is 0. The Hall–Kier alpha value is -1.35. The molecule has 0 saturated heterocycles. The molecule has 0 aliphatic heterocycles. The van der Waals surface area contributed by atoms with E-state index in [-0.39, 0.29) is 11.9 Å². The monoisotopic (exact) mass is 295 g/mol. The average molecular weight is 295 g/mol. The molecular weight excluding hydrogens is 274 g/mol. The first-order valence-electron chi connectivity index (χ1n) is 5.80. The van der Waals surface area contributed by atoms with Crippen LogP contribution in [-0.2, 0) is 14.9 Å². The van der Waals surface area contributed by atoms with Gasteiger partial charge in [0, 0.05) is 6.54 Å². The van der Waals surface area contributed by atoms with Crippen LogP contribution in [0.2, 0.25) is 0 Å². The summed E-state index contributed by atoms with van der Waals surface area (Å²) < 4.78 is 25.9. The molecule has 1 fully saturated rings. The quantitative estimate of drug-likeness (QED) is 0.315. The predicted molar refractivity (Wildman–Crippen MR) is 71.2 cm³/mol. The molecule has 1 aliphatic carbocycles. The van der Waals surface area contributed by atoms with Crippen molar-refractivity contribution in [1.29, 1.82) is 0 Å². The number of carbonyl (C=O) groups is 1. The molecule has 0 aromatic heterocycles. The van der Waals surface area contributed by atoms with Gasteiger partial charge in [-0.1, -0.05) is 0 Å². The molecule has 1 rings (SSSR count). The third kappa shape index (κ3) is 11.5. The van der Waals surface area contributed by atoms with Crippen molar-refractivity contribution in [1.82, 2.24) is 0 Å². The lowest BCUT2D eigenvalue weighted by atomic mass is 9.82. The van der Waals surface area contributed by atoms with Crippen molar-refractivity contribution in [3.05, 3.63) is 0 Å². The maximum absolute atomic E-state index is 10.7. The Bertz CT molecular complexity index is 401. The van der Waals surface area contributed by atoms with Crippen molar-refractivity contribution in [3.63, 3.8) is 0 Å². The van der Waals surface area contributed by atoms with E-state index < -0.39 is 16.1 Å². The Labute approximate surface area is 112 Å². The van der Waals surface area contributed by atoms with Crippen LogP contribution in [0.15, 0.2) is 4.99 Å². The SMILES string of the molecule is CS(=O)(=O)O.NC(N)=NCC1CCC(C(=O)O)CC1. The fourth-order valence-corrected chi connectivity index (χ4v) is 1.83. The molecule has 0 radical (unpaired) electrons. The van der Waals surface area contributed by atoms with Gasteiger partial charge >= 0.3 is 5.97 Å². The molecular formula is C10H21N3O5S. The maximum Gasteiger partial charge on any atom is 0.306 e. The zero-order valence-corrected chi connectivity index (χ0v) is 11.6. The zero-order valence-electron chi connectivity index (χ0n) is 10.8. The summed E-state index contributed by atoms with van der Waals surface area (Å²) in [5.74, 6) is -0.270. The Morgan fingerprint density at radius 3 is 2.00 bits per heavy atom. The molecule has 6 N–H and O–H groups in total. The van der Waals surface area contributed by atoms with Crippen molar-refractivity contribution in [2.75, 3.05) is 12.8 Å². The van der Waals surface area contributed by atoms with Gasteiger partial charge < -0.3 is 16.6 Å². The third-order valence-electron chi connectivity index (χ3n) is 2.73. The van der Waals surface area contributed by atoms with Gasteiger partial charge in [0.15, 0.2) is 5.96 Å². The summed E-state index contributed by atoms with van der Waals surface area (Å²) in [7, 11) is -3.67. The van der Waals surface area contributed by atoms with E-state index in [1.165, 1.54) is 0 Å².